The molecule has 3 N–H and O–H groups in total. The van der Waals surface area contributed by atoms with Crippen LogP contribution in [0.3, 0.4) is 0 Å². The number of halogens is 1. The van der Waals surface area contributed by atoms with Crippen molar-refractivity contribution < 1.29 is 19.2 Å². The second kappa shape index (κ2) is 8.18. The molecule has 3 rings (SSSR count). The number of nitrogens with zero attached hydrogens (tertiary/aromatic N) is 3. The van der Waals surface area contributed by atoms with Gasteiger partial charge in [0.1, 0.15) is 18.1 Å². The molecule has 1 amide bonds. The number of amides is 1. The number of hydrogen-bond donors (Lipinski definition) is 2. The first-order valence-corrected chi connectivity index (χ1v) is 9.23. The highest BCUT2D eigenvalue weighted by Gasteiger charge is 2.27. The van der Waals surface area contributed by atoms with Crippen LogP contribution in [0, 0.1) is 6.92 Å². The zero-order chi connectivity index (χ0) is 21.2. The fourth-order valence-electron chi connectivity index (χ4n) is 2.74. The maximum atomic E-state index is 11.7. The first-order chi connectivity index (χ1) is 13.7. The molecule has 0 aliphatic rings. The van der Waals surface area contributed by atoms with Crippen LogP contribution in [0.25, 0.3) is 11.4 Å². The molecule has 0 aliphatic heterocycles. The largest absolute Gasteiger partial charge is 0.473 e. The van der Waals surface area contributed by atoms with Gasteiger partial charge in [-0.1, -0.05) is 30.6 Å². The van der Waals surface area contributed by atoms with Gasteiger partial charge in [-0.05, 0) is 25.1 Å². The van der Waals surface area contributed by atoms with Gasteiger partial charge in [-0.25, -0.2) is 4.98 Å². The lowest BCUT2D eigenvalue weighted by Crippen LogP contribution is -2.28. The Hall–Kier alpha value is -2.97. The minimum absolute atomic E-state index is 0.122. The number of hydrogen-bond acceptors (Lipinski definition) is 7. The van der Waals surface area contributed by atoms with Crippen molar-refractivity contribution >= 4 is 17.5 Å². The lowest BCUT2D eigenvalue weighted by atomic mass is 9.86. The van der Waals surface area contributed by atoms with E-state index in [1.54, 1.807) is 45.0 Å². The topological polar surface area (TPSA) is 124 Å². The van der Waals surface area contributed by atoms with E-state index >= 15 is 0 Å². The minimum atomic E-state index is -0.769. The van der Waals surface area contributed by atoms with E-state index in [0.29, 0.717) is 33.4 Å². The molecule has 3 heterocycles. The van der Waals surface area contributed by atoms with E-state index in [1.807, 2.05) is 0 Å². The molecule has 8 nitrogen and oxygen atoms in total. The average Bonchev–Trinajstić information content (AvgIpc) is 3.07. The summed E-state index contributed by atoms with van der Waals surface area (Å²) in [6, 6.07) is 6.55. The van der Waals surface area contributed by atoms with Gasteiger partial charge in [0.15, 0.2) is 0 Å². The van der Waals surface area contributed by atoms with Gasteiger partial charge < -0.3 is 20.1 Å². The number of carbonyl (C=O) groups excluding carboxylic acids is 1. The fraction of sp³-hybridized carbons (Fsp3) is 0.300. The lowest BCUT2D eigenvalue weighted by molar-refractivity contribution is 0.0995. The van der Waals surface area contributed by atoms with E-state index in [2.05, 4.69) is 15.1 Å². The highest BCUT2D eigenvalue weighted by Crippen LogP contribution is 2.28. The summed E-state index contributed by atoms with van der Waals surface area (Å²) in [5.41, 5.74) is 7.14. The molecule has 0 saturated carbocycles. The molecule has 0 aliphatic carbocycles. The quantitative estimate of drug-likeness (QED) is 0.606. The van der Waals surface area contributed by atoms with Gasteiger partial charge in [0.25, 0.3) is 5.91 Å². The molecule has 0 radical (unpaired) electrons. The summed E-state index contributed by atoms with van der Waals surface area (Å²) >= 11 is 5.89. The van der Waals surface area contributed by atoms with Crippen LogP contribution < -0.4 is 10.5 Å². The molecule has 0 saturated heterocycles. The number of aliphatic hydroxyl groups is 1. The van der Waals surface area contributed by atoms with Gasteiger partial charge in [0.2, 0.25) is 5.88 Å². The van der Waals surface area contributed by atoms with Crippen LogP contribution in [-0.2, 0) is 12.0 Å². The SMILES string of the molecule is Cc1onc(-c2ccc(Cl)cn2)c1COc1ccc(C(N)=O)c(C(C)(C)CO)n1. The molecule has 0 atom stereocenters. The van der Waals surface area contributed by atoms with Gasteiger partial charge >= 0.3 is 0 Å². The zero-order valence-corrected chi connectivity index (χ0v) is 17.0. The van der Waals surface area contributed by atoms with Crippen LogP contribution in [0.15, 0.2) is 35.0 Å². The van der Waals surface area contributed by atoms with E-state index in [1.165, 1.54) is 6.20 Å². The van der Waals surface area contributed by atoms with Crippen molar-refractivity contribution in [2.24, 2.45) is 5.73 Å². The number of aryl methyl sites for hydroxylation is 1. The number of pyridine rings is 2. The highest BCUT2D eigenvalue weighted by molar-refractivity contribution is 6.30. The molecule has 9 heteroatoms. The second-order valence-corrected chi connectivity index (χ2v) is 7.60. The van der Waals surface area contributed by atoms with Crippen molar-refractivity contribution in [2.75, 3.05) is 6.61 Å². The smallest absolute Gasteiger partial charge is 0.250 e. The molecule has 29 heavy (non-hydrogen) atoms. The van der Waals surface area contributed by atoms with Crippen molar-refractivity contribution in [3.63, 3.8) is 0 Å². The number of nitrogens with two attached hydrogens (primary N) is 1. The highest BCUT2D eigenvalue weighted by atomic mass is 35.5. The Kier molecular flexibility index (Phi) is 5.86. The van der Waals surface area contributed by atoms with Crippen molar-refractivity contribution in [1.29, 1.82) is 0 Å². The number of ether oxygens (including phenoxy) is 1. The Labute approximate surface area is 172 Å². The summed E-state index contributed by atoms with van der Waals surface area (Å²) in [5, 5.41) is 14.3. The van der Waals surface area contributed by atoms with Crippen LogP contribution >= 0.6 is 11.6 Å². The normalized spacial score (nSPS) is 11.5. The second-order valence-electron chi connectivity index (χ2n) is 7.17. The summed E-state index contributed by atoms with van der Waals surface area (Å²) in [4.78, 5) is 20.4. The van der Waals surface area contributed by atoms with Crippen LogP contribution in [0.1, 0.15) is 41.2 Å². The predicted molar refractivity (Wildman–Crippen MR) is 107 cm³/mol. The molecule has 3 aromatic heterocycles. The molecule has 0 aromatic carbocycles. The standard InChI is InChI=1S/C20H21ClN4O4/c1-11-14(17(25-29-11)15-6-4-12(21)8-23-15)9-28-16-7-5-13(19(22)27)18(24-16)20(2,3)10-26/h4-8,26H,9-10H2,1-3H3,(H2,22,27). The average molecular weight is 417 g/mol. The van der Waals surface area contributed by atoms with Gasteiger partial charge in [-0.15, -0.1) is 0 Å². The number of carbonyl (C=O) groups is 1. The maximum Gasteiger partial charge on any atom is 0.250 e. The van der Waals surface area contributed by atoms with E-state index in [9.17, 15) is 9.90 Å². The van der Waals surface area contributed by atoms with Crippen molar-refractivity contribution in [3.05, 3.63) is 58.1 Å². The third-order valence-corrected chi connectivity index (χ3v) is 4.71. The molecular weight excluding hydrogens is 396 g/mol. The van der Waals surface area contributed by atoms with Crippen molar-refractivity contribution in [3.8, 4) is 17.3 Å². The van der Waals surface area contributed by atoms with Gasteiger partial charge in [-0.3, -0.25) is 9.78 Å². The number of rotatable bonds is 7. The molecule has 0 spiro atoms. The Morgan fingerprint density at radius 3 is 2.69 bits per heavy atom. The number of primary amides is 1. The summed E-state index contributed by atoms with van der Waals surface area (Å²) in [7, 11) is 0. The summed E-state index contributed by atoms with van der Waals surface area (Å²) in [5.74, 6) is 0.245. The molecule has 0 fully saturated rings. The number of aliphatic hydroxyl groups excluding tert-OH is 1. The lowest BCUT2D eigenvalue weighted by Gasteiger charge is -2.23. The van der Waals surface area contributed by atoms with Crippen molar-refractivity contribution in [1.82, 2.24) is 15.1 Å². The third-order valence-electron chi connectivity index (χ3n) is 4.49. The summed E-state index contributed by atoms with van der Waals surface area (Å²) in [6.45, 7) is 5.22. The van der Waals surface area contributed by atoms with Crippen LogP contribution in [0.5, 0.6) is 5.88 Å². The number of aromatic nitrogens is 3. The van der Waals surface area contributed by atoms with Gasteiger partial charge in [0.05, 0.1) is 34.1 Å². The van der Waals surface area contributed by atoms with Crippen molar-refractivity contribution in [2.45, 2.75) is 32.8 Å². The summed E-state index contributed by atoms with van der Waals surface area (Å²) in [6.07, 6.45) is 1.53. The molecule has 0 bridgehead atoms. The Balaban J connectivity index is 1.89. The monoisotopic (exact) mass is 416 g/mol. The zero-order valence-electron chi connectivity index (χ0n) is 16.3. The van der Waals surface area contributed by atoms with E-state index < -0.39 is 11.3 Å². The minimum Gasteiger partial charge on any atom is -0.473 e. The molecule has 152 valence electrons. The molecular formula is C20H21ClN4O4. The van der Waals surface area contributed by atoms with Gasteiger partial charge in [-0.2, -0.15) is 0 Å². The molecule has 3 aromatic rings. The van der Waals surface area contributed by atoms with Crippen LogP contribution in [0.4, 0.5) is 0 Å². The van der Waals surface area contributed by atoms with Gasteiger partial charge in [0, 0.05) is 17.7 Å². The molecule has 0 unspecified atom stereocenters. The Bertz CT molecular complexity index is 1030. The fourth-order valence-corrected chi connectivity index (χ4v) is 2.85. The Morgan fingerprint density at radius 1 is 1.31 bits per heavy atom. The first-order valence-electron chi connectivity index (χ1n) is 8.85. The first kappa shape index (κ1) is 20.8. The van der Waals surface area contributed by atoms with E-state index in [4.69, 9.17) is 26.6 Å². The van der Waals surface area contributed by atoms with Crippen LogP contribution in [-0.4, -0.2) is 32.7 Å². The van der Waals surface area contributed by atoms with Crippen LogP contribution in [0.2, 0.25) is 5.02 Å². The third kappa shape index (κ3) is 4.38. The summed E-state index contributed by atoms with van der Waals surface area (Å²) < 4.78 is 11.1. The van der Waals surface area contributed by atoms with E-state index in [-0.39, 0.29) is 24.7 Å². The Morgan fingerprint density at radius 2 is 2.07 bits per heavy atom. The predicted octanol–water partition coefficient (Wildman–Crippen LogP) is 3.04. The maximum absolute atomic E-state index is 11.7. The van der Waals surface area contributed by atoms with E-state index in [0.717, 1.165) is 0 Å².